The highest BCUT2D eigenvalue weighted by Gasteiger charge is 2.06. The van der Waals surface area contributed by atoms with Gasteiger partial charge in [0.2, 0.25) is 0 Å². The van der Waals surface area contributed by atoms with E-state index in [2.05, 4.69) is 48.4 Å². The second-order valence-electron chi connectivity index (χ2n) is 4.63. The van der Waals surface area contributed by atoms with Crippen molar-refractivity contribution in [1.82, 2.24) is 10.3 Å². The first kappa shape index (κ1) is 12.2. The quantitative estimate of drug-likeness (QED) is 0.775. The minimum absolute atomic E-state index is 0.647. The summed E-state index contributed by atoms with van der Waals surface area (Å²) in [4.78, 5) is 3.26. The predicted molar refractivity (Wildman–Crippen MR) is 74.1 cm³/mol. The van der Waals surface area contributed by atoms with E-state index >= 15 is 0 Å². The molecule has 0 saturated heterocycles. The zero-order valence-electron chi connectivity index (χ0n) is 10.8. The van der Waals surface area contributed by atoms with Crippen LogP contribution < -0.4 is 5.32 Å². The number of rotatable bonds is 6. The molecule has 2 aromatic rings. The van der Waals surface area contributed by atoms with Crippen molar-refractivity contribution in [3.05, 3.63) is 36.0 Å². The van der Waals surface area contributed by atoms with E-state index in [1.54, 1.807) is 0 Å². The van der Waals surface area contributed by atoms with Crippen LogP contribution in [0.1, 0.15) is 38.7 Å². The monoisotopic (exact) mass is 230 g/mol. The Morgan fingerprint density at radius 2 is 2.12 bits per heavy atom. The number of aromatic amines is 1. The third-order valence-corrected chi connectivity index (χ3v) is 3.40. The summed E-state index contributed by atoms with van der Waals surface area (Å²) in [6.45, 7) is 5.47. The Morgan fingerprint density at radius 1 is 1.24 bits per heavy atom. The fourth-order valence-corrected chi connectivity index (χ4v) is 2.36. The largest absolute Gasteiger partial charge is 0.361 e. The maximum absolute atomic E-state index is 3.65. The third-order valence-electron chi connectivity index (χ3n) is 3.40. The molecule has 1 aromatic heterocycles. The van der Waals surface area contributed by atoms with Crippen LogP contribution in [0.4, 0.5) is 0 Å². The Balaban J connectivity index is 2.05. The van der Waals surface area contributed by atoms with Gasteiger partial charge >= 0.3 is 0 Å². The molecular weight excluding hydrogens is 208 g/mol. The average Bonchev–Trinajstić information content (AvgIpc) is 2.83. The van der Waals surface area contributed by atoms with Gasteiger partial charge in [-0.05, 0) is 30.5 Å². The van der Waals surface area contributed by atoms with Crippen molar-refractivity contribution in [3.8, 4) is 0 Å². The van der Waals surface area contributed by atoms with E-state index in [0.717, 1.165) is 6.54 Å². The predicted octanol–water partition coefficient (Wildman–Crippen LogP) is 3.84. The van der Waals surface area contributed by atoms with Gasteiger partial charge in [0.15, 0.2) is 0 Å². The van der Waals surface area contributed by atoms with E-state index < -0.39 is 0 Å². The van der Waals surface area contributed by atoms with Crippen molar-refractivity contribution in [1.29, 1.82) is 0 Å². The van der Waals surface area contributed by atoms with Gasteiger partial charge in [-0.25, -0.2) is 0 Å². The highest BCUT2D eigenvalue weighted by Crippen LogP contribution is 2.17. The minimum atomic E-state index is 0.647. The smallest absolute Gasteiger partial charge is 0.0457 e. The SMILES string of the molecule is CCCC(CC)NCc1cccc2[nH]ccc12. The zero-order chi connectivity index (χ0) is 12.1. The van der Waals surface area contributed by atoms with Crippen molar-refractivity contribution >= 4 is 10.9 Å². The van der Waals surface area contributed by atoms with Crippen LogP contribution in [0.25, 0.3) is 10.9 Å². The van der Waals surface area contributed by atoms with Gasteiger partial charge in [0, 0.05) is 29.7 Å². The summed E-state index contributed by atoms with van der Waals surface area (Å²) < 4.78 is 0. The Hall–Kier alpha value is -1.28. The molecule has 1 unspecified atom stereocenters. The summed E-state index contributed by atoms with van der Waals surface area (Å²) in [5, 5.41) is 4.99. The Kier molecular flexibility index (Phi) is 4.21. The molecule has 0 spiro atoms. The number of aromatic nitrogens is 1. The number of nitrogens with one attached hydrogen (secondary N) is 2. The van der Waals surface area contributed by atoms with E-state index in [1.807, 2.05) is 6.20 Å². The Bertz CT molecular complexity index is 459. The van der Waals surface area contributed by atoms with Crippen molar-refractivity contribution < 1.29 is 0 Å². The Morgan fingerprint density at radius 3 is 2.88 bits per heavy atom. The van der Waals surface area contributed by atoms with Crippen molar-refractivity contribution in [2.24, 2.45) is 0 Å². The van der Waals surface area contributed by atoms with E-state index in [9.17, 15) is 0 Å². The van der Waals surface area contributed by atoms with E-state index in [0.29, 0.717) is 6.04 Å². The molecule has 2 N–H and O–H groups in total. The van der Waals surface area contributed by atoms with Crippen molar-refractivity contribution in [2.75, 3.05) is 0 Å². The molecule has 92 valence electrons. The molecule has 0 aliphatic heterocycles. The van der Waals surface area contributed by atoms with Gasteiger partial charge in [-0.3, -0.25) is 0 Å². The van der Waals surface area contributed by atoms with E-state index in [-0.39, 0.29) is 0 Å². The summed E-state index contributed by atoms with van der Waals surface area (Å²) in [5.41, 5.74) is 2.62. The van der Waals surface area contributed by atoms with Crippen LogP contribution in [0.15, 0.2) is 30.5 Å². The summed E-state index contributed by atoms with van der Waals surface area (Å²) in [6, 6.07) is 9.27. The molecule has 1 atom stereocenters. The highest BCUT2D eigenvalue weighted by atomic mass is 14.9. The van der Waals surface area contributed by atoms with Gasteiger partial charge in [0.25, 0.3) is 0 Å². The first-order valence-electron chi connectivity index (χ1n) is 6.63. The maximum atomic E-state index is 3.65. The van der Waals surface area contributed by atoms with Crippen LogP contribution >= 0.6 is 0 Å². The number of hydrogen-bond donors (Lipinski definition) is 2. The van der Waals surface area contributed by atoms with Gasteiger partial charge in [0.05, 0.1) is 0 Å². The molecular formula is C15H22N2. The summed E-state index contributed by atoms with van der Waals surface area (Å²) in [5.74, 6) is 0. The van der Waals surface area contributed by atoms with Crippen LogP contribution in [0.5, 0.6) is 0 Å². The standard InChI is InChI=1S/C15H22N2/c1-3-6-13(4-2)17-11-12-7-5-8-15-14(12)9-10-16-15/h5,7-10,13,16-17H,3-4,6,11H2,1-2H3. The lowest BCUT2D eigenvalue weighted by Crippen LogP contribution is -2.27. The normalized spacial score (nSPS) is 13.1. The molecule has 0 amide bonds. The fourth-order valence-electron chi connectivity index (χ4n) is 2.36. The average molecular weight is 230 g/mol. The maximum Gasteiger partial charge on any atom is 0.0457 e. The highest BCUT2D eigenvalue weighted by molar-refractivity contribution is 5.82. The van der Waals surface area contributed by atoms with Gasteiger partial charge in [-0.1, -0.05) is 32.4 Å². The summed E-state index contributed by atoms with van der Waals surface area (Å²) >= 11 is 0. The first-order chi connectivity index (χ1) is 8.35. The minimum Gasteiger partial charge on any atom is -0.361 e. The van der Waals surface area contributed by atoms with E-state index in [4.69, 9.17) is 0 Å². The van der Waals surface area contributed by atoms with Crippen molar-refractivity contribution in [2.45, 2.75) is 45.7 Å². The van der Waals surface area contributed by atoms with Crippen LogP contribution in [-0.4, -0.2) is 11.0 Å². The van der Waals surface area contributed by atoms with Gasteiger partial charge in [-0.15, -0.1) is 0 Å². The van der Waals surface area contributed by atoms with Crippen LogP contribution in [0, 0.1) is 0 Å². The molecule has 0 bridgehead atoms. The van der Waals surface area contributed by atoms with E-state index in [1.165, 1.54) is 35.7 Å². The van der Waals surface area contributed by atoms with Crippen LogP contribution in [0.2, 0.25) is 0 Å². The zero-order valence-corrected chi connectivity index (χ0v) is 10.8. The number of hydrogen-bond acceptors (Lipinski definition) is 1. The molecule has 2 heteroatoms. The molecule has 0 aliphatic rings. The van der Waals surface area contributed by atoms with Crippen LogP contribution in [-0.2, 0) is 6.54 Å². The second-order valence-corrected chi connectivity index (χ2v) is 4.63. The number of fused-ring (bicyclic) bond motifs is 1. The van der Waals surface area contributed by atoms with Gasteiger partial charge in [-0.2, -0.15) is 0 Å². The Labute approximate surface area is 103 Å². The molecule has 0 saturated carbocycles. The molecule has 2 nitrogen and oxygen atoms in total. The molecule has 17 heavy (non-hydrogen) atoms. The second kappa shape index (κ2) is 5.87. The third kappa shape index (κ3) is 2.89. The lowest BCUT2D eigenvalue weighted by Gasteiger charge is -2.16. The number of H-pyrrole nitrogens is 1. The lowest BCUT2D eigenvalue weighted by atomic mass is 10.1. The molecule has 0 fully saturated rings. The van der Waals surface area contributed by atoms with Gasteiger partial charge < -0.3 is 10.3 Å². The molecule has 0 aliphatic carbocycles. The summed E-state index contributed by atoms with van der Waals surface area (Å²) in [6.07, 6.45) is 5.73. The topological polar surface area (TPSA) is 27.8 Å². The number of benzene rings is 1. The molecule has 0 radical (unpaired) electrons. The van der Waals surface area contributed by atoms with Gasteiger partial charge in [0.1, 0.15) is 0 Å². The molecule has 2 rings (SSSR count). The molecule has 1 heterocycles. The summed E-state index contributed by atoms with van der Waals surface area (Å²) in [7, 11) is 0. The van der Waals surface area contributed by atoms with Crippen molar-refractivity contribution in [3.63, 3.8) is 0 Å². The lowest BCUT2D eigenvalue weighted by molar-refractivity contribution is 0.463. The first-order valence-corrected chi connectivity index (χ1v) is 6.63. The molecule has 1 aromatic carbocycles. The fraction of sp³-hybridized carbons (Fsp3) is 0.467. The van der Waals surface area contributed by atoms with Crippen LogP contribution in [0.3, 0.4) is 0 Å².